The number of hydrogen-bond donors (Lipinski definition) is 0. The molecule has 2 nitrogen and oxygen atoms in total. The number of rotatable bonds is 6. The molecule has 0 heterocycles. The average molecular weight is 298 g/mol. The minimum atomic E-state index is -0.0724. The van der Waals surface area contributed by atoms with Crippen LogP contribution in [0.4, 0.5) is 0 Å². The van der Waals surface area contributed by atoms with Crippen molar-refractivity contribution < 1.29 is 9.53 Å². The molecule has 0 radical (unpaired) electrons. The van der Waals surface area contributed by atoms with Gasteiger partial charge in [0.15, 0.2) is 0 Å². The number of hydrogen-bond acceptors (Lipinski definition) is 2. The van der Waals surface area contributed by atoms with Crippen LogP contribution >= 0.6 is 0 Å². The van der Waals surface area contributed by atoms with Crippen LogP contribution in [0.3, 0.4) is 0 Å². The van der Waals surface area contributed by atoms with E-state index in [4.69, 9.17) is 4.74 Å². The maximum atomic E-state index is 12.2. The highest BCUT2D eigenvalue weighted by molar-refractivity contribution is 5.78. The highest BCUT2D eigenvalue weighted by Crippen LogP contribution is 2.59. The first kappa shape index (κ1) is 16.5. The summed E-state index contributed by atoms with van der Waals surface area (Å²) in [6, 6.07) is 10.2. The van der Waals surface area contributed by atoms with Gasteiger partial charge in [0.2, 0.25) is 0 Å². The molecule has 0 saturated heterocycles. The Morgan fingerprint density at radius 1 is 1.18 bits per heavy atom. The zero-order chi connectivity index (χ0) is 16.2. The van der Waals surface area contributed by atoms with Gasteiger partial charge in [0.25, 0.3) is 0 Å². The van der Waals surface area contributed by atoms with Gasteiger partial charge in [-0.2, -0.15) is 0 Å². The minimum absolute atomic E-state index is 0.00456. The molecular weight excluding hydrogens is 272 g/mol. The zero-order valence-electron chi connectivity index (χ0n) is 14.0. The fourth-order valence-corrected chi connectivity index (χ4v) is 2.92. The lowest BCUT2D eigenvalue weighted by Crippen LogP contribution is -2.10. The molecule has 0 spiro atoms. The lowest BCUT2D eigenvalue weighted by molar-refractivity contribution is -0.144. The van der Waals surface area contributed by atoms with Gasteiger partial charge in [0, 0.05) is 0 Å². The molecule has 0 bridgehead atoms. The first-order valence-electron chi connectivity index (χ1n) is 7.93. The van der Waals surface area contributed by atoms with Gasteiger partial charge < -0.3 is 4.74 Å². The molecule has 1 aliphatic carbocycles. The van der Waals surface area contributed by atoms with Crippen molar-refractivity contribution in [3.8, 4) is 0 Å². The Balaban J connectivity index is 1.76. The summed E-state index contributed by atoms with van der Waals surface area (Å²) in [6.45, 7) is 8.77. The Bertz CT molecular complexity index is 563. The van der Waals surface area contributed by atoms with Crippen LogP contribution in [-0.4, -0.2) is 12.6 Å². The third kappa shape index (κ3) is 4.09. The Hall–Kier alpha value is -1.83. The van der Waals surface area contributed by atoms with Crippen molar-refractivity contribution in [3.63, 3.8) is 0 Å². The van der Waals surface area contributed by atoms with Crippen LogP contribution in [0.25, 0.3) is 0 Å². The number of benzene rings is 1. The van der Waals surface area contributed by atoms with E-state index >= 15 is 0 Å². The lowest BCUT2D eigenvalue weighted by Gasteiger charge is -2.02. The fraction of sp³-hybridized carbons (Fsp3) is 0.450. The molecular formula is C20H26O2. The molecule has 2 atom stereocenters. The van der Waals surface area contributed by atoms with Gasteiger partial charge in [0.05, 0.1) is 5.92 Å². The summed E-state index contributed by atoms with van der Waals surface area (Å²) in [5.74, 6) is 0.250. The highest BCUT2D eigenvalue weighted by atomic mass is 16.5. The van der Waals surface area contributed by atoms with Crippen molar-refractivity contribution >= 4 is 5.97 Å². The summed E-state index contributed by atoms with van der Waals surface area (Å²) in [5, 5.41) is 0. The number of ether oxygens (including phenoxy) is 1. The van der Waals surface area contributed by atoms with Crippen molar-refractivity contribution in [1.29, 1.82) is 0 Å². The van der Waals surface area contributed by atoms with Crippen LogP contribution in [-0.2, 0) is 16.0 Å². The summed E-state index contributed by atoms with van der Waals surface area (Å²) in [6.07, 6.45) is 7.04. The van der Waals surface area contributed by atoms with Crippen LogP contribution in [0.15, 0.2) is 54.1 Å². The maximum Gasteiger partial charge on any atom is 0.310 e. The van der Waals surface area contributed by atoms with Crippen LogP contribution in [0, 0.1) is 17.3 Å². The normalized spacial score (nSPS) is 22.4. The lowest BCUT2D eigenvalue weighted by atomic mass is 10.1. The SMILES string of the molecule is CC(C)=CC1C(C(=O)OC/C=C/Cc2ccccc2)C1(C)C. The molecule has 0 amide bonds. The highest BCUT2D eigenvalue weighted by Gasteiger charge is 2.61. The second kappa shape index (κ2) is 6.95. The first-order chi connectivity index (χ1) is 10.4. The molecule has 1 saturated carbocycles. The second-order valence-electron chi connectivity index (χ2n) is 6.86. The second-order valence-corrected chi connectivity index (χ2v) is 6.86. The molecule has 2 unspecified atom stereocenters. The topological polar surface area (TPSA) is 26.3 Å². The molecule has 0 N–H and O–H groups in total. The number of carbonyl (C=O) groups is 1. The van der Waals surface area contributed by atoms with Gasteiger partial charge in [-0.25, -0.2) is 0 Å². The Morgan fingerprint density at radius 3 is 2.50 bits per heavy atom. The fourth-order valence-electron chi connectivity index (χ4n) is 2.92. The van der Waals surface area contributed by atoms with Crippen molar-refractivity contribution in [2.45, 2.75) is 34.1 Å². The van der Waals surface area contributed by atoms with E-state index in [1.807, 2.05) is 30.4 Å². The predicted molar refractivity (Wildman–Crippen MR) is 90.4 cm³/mol. The van der Waals surface area contributed by atoms with E-state index in [-0.39, 0.29) is 17.3 Å². The first-order valence-corrected chi connectivity index (χ1v) is 7.93. The molecule has 1 aliphatic rings. The van der Waals surface area contributed by atoms with Gasteiger partial charge in [0.1, 0.15) is 6.61 Å². The van der Waals surface area contributed by atoms with Gasteiger partial charge >= 0.3 is 5.97 Å². The minimum Gasteiger partial charge on any atom is -0.461 e. The monoisotopic (exact) mass is 298 g/mol. The molecule has 0 aliphatic heterocycles. The summed E-state index contributed by atoms with van der Waals surface area (Å²) in [7, 11) is 0. The standard InChI is InChI=1S/C20H26O2/c1-15(2)14-17-18(20(17,3)4)19(21)22-13-9-8-12-16-10-6-5-7-11-16/h5-11,14,17-18H,12-13H2,1-4H3/b9-8+. The van der Waals surface area contributed by atoms with Gasteiger partial charge in [-0.3, -0.25) is 4.79 Å². The smallest absolute Gasteiger partial charge is 0.310 e. The summed E-state index contributed by atoms with van der Waals surface area (Å²) >= 11 is 0. The molecule has 2 rings (SSSR count). The van der Waals surface area contributed by atoms with Crippen LogP contribution < -0.4 is 0 Å². The Kier molecular flexibility index (Phi) is 5.23. The maximum absolute atomic E-state index is 12.2. The van der Waals surface area contributed by atoms with Crippen molar-refractivity contribution in [1.82, 2.24) is 0 Å². The van der Waals surface area contributed by atoms with E-state index in [0.717, 1.165) is 6.42 Å². The predicted octanol–water partition coefficient (Wildman–Crippen LogP) is 4.57. The van der Waals surface area contributed by atoms with Crippen molar-refractivity contribution in [2.24, 2.45) is 17.3 Å². The van der Waals surface area contributed by atoms with Crippen LogP contribution in [0.5, 0.6) is 0 Å². The van der Waals surface area contributed by atoms with E-state index in [1.54, 1.807) is 0 Å². The number of esters is 1. The molecule has 2 heteroatoms. The van der Waals surface area contributed by atoms with Crippen LogP contribution in [0.1, 0.15) is 33.3 Å². The quantitative estimate of drug-likeness (QED) is 0.568. The third-order valence-electron chi connectivity index (χ3n) is 4.36. The summed E-state index contributed by atoms with van der Waals surface area (Å²) in [4.78, 5) is 12.2. The summed E-state index contributed by atoms with van der Waals surface area (Å²) < 4.78 is 5.40. The van der Waals surface area contributed by atoms with Crippen molar-refractivity contribution in [2.75, 3.05) is 6.61 Å². The number of allylic oxidation sites excluding steroid dienone is 3. The van der Waals surface area contributed by atoms with Gasteiger partial charge in [-0.1, -0.05) is 68.0 Å². The van der Waals surface area contributed by atoms with E-state index < -0.39 is 0 Å². The molecule has 1 fully saturated rings. The zero-order valence-corrected chi connectivity index (χ0v) is 14.0. The molecule has 22 heavy (non-hydrogen) atoms. The van der Waals surface area contributed by atoms with E-state index in [2.05, 4.69) is 45.9 Å². The van der Waals surface area contributed by atoms with E-state index in [1.165, 1.54) is 11.1 Å². The van der Waals surface area contributed by atoms with E-state index in [0.29, 0.717) is 12.5 Å². The molecule has 118 valence electrons. The van der Waals surface area contributed by atoms with Gasteiger partial charge in [-0.05, 0) is 37.2 Å². The number of carbonyl (C=O) groups excluding carboxylic acids is 1. The molecule has 1 aromatic rings. The Morgan fingerprint density at radius 2 is 1.86 bits per heavy atom. The molecule has 0 aromatic heterocycles. The molecule has 1 aromatic carbocycles. The average Bonchev–Trinajstić information content (AvgIpc) is 2.99. The third-order valence-corrected chi connectivity index (χ3v) is 4.36. The van der Waals surface area contributed by atoms with Crippen molar-refractivity contribution in [3.05, 3.63) is 59.7 Å². The largest absolute Gasteiger partial charge is 0.461 e. The summed E-state index contributed by atoms with van der Waals surface area (Å²) in [5.41, 5.74) is 2.55. The Labute approximate surface area is 133 Å². The van der Waals surface area contributed by atoms with Crippen LogP contribution in [0.2, 0.25) is 0 Å². The van der Waals surface area contributed by atoms with Gasteiger partial charge in [-0.15, -0.1) is 0 Å². The van der Waals surface area contributed by atoms with E-state index in [9.17, 15) is 4.79 Å².